The van der Waals surface area contributed by atoms with Gasteiger partial charge in [0.15, 0.2) is 11.5 Å². The number of anilines is 1. The molecule has 2 aromatic carbocycles. The molecule has 2 aromatic rings. The number of fused-ring (bicyclic) bond motifs is 1. The first kappa shape index (κ1) is 21.0. The number of ether oxygens (including phenoxy) is 3. The van der Waals surface area contributed by atoms with E-state index in [0.717, 1.165) is 4.90 Å². The van der Waals surface area contributed by atoms with Gasteiger partial charge in [0.2, 0.25) is 0 Å². The van der Waals surface area contributed by atoms with Gasteiger partial charge in [0.25, 0.3) is 11.8 Å². The minimum absolute atomic E-state index is 0.0590. The predicted octanol–water partition coefficient (Wildman–Crippen LogP) is 2.28. The highest BCUT2D eigenvalue weighted by Gasteiger charge is 2.43. The highest BCUT2D eigenvalue weighted by molar-refractivity contribution is 6.24. The number of hydrogen-bond acceptors (Lipinski definition) is 8. The summed E-state index contributed by atoms with van der Waals surface area (Å²) in [5.74, 6) is -1.36. The lowest BCUT2D eigenvalue weighted by atomic mass is 10.0. The number of nitrogens with zero attached hydrogens (tertiary/aromatic N) is 1. The summed E-state index contributed by atoms with van der Waals surface area (Å²) in [4.78, 5) is 39.2. The molecular formula is C21H22N2O7. The fraction of sp³-hybridized carbons (Fsp3) is 0.286. The predicted molar refractivity (Wildman–Crippen MR) is 107 cm³/mol. The number of hydrogen-bond donors (Lipinski definition) is 2. The molecule has 0 saturated heterocycles. The molecule has 3 rings (SSSR count). The van der Waals surface area contributed by atoms with Gasteiger partial charge < -0.3 is 25.1 Å². The largest absolute Gasteiger partial charge is 0.506 e. The van der Waals surface area contributed by atoms with E-state index in [1.165, 1.54) is 26.4 Å². The number of amides is 2. The van der Waals surface area contributed by atoms with Gasteiger partial charge in [0.1, 0.15) is 5.75 Å². The van der Waals surface area contributed by atoms with Crippen molar-refractivity contribution < 1.29 is 33.7 Å². The van der Waals surface area contributed by atoms with Gasteiger partial charge in [-0.25, -0.2) is 0 Å². The molecule has 9 heteroatoms. The van der Waals surface area contributed by atoms with E-state index in [1.54, 1.807) is 25.1 Å². The Hall–Kier alpha value is -3.75. The summed E-state index contributed by atoms with van der Waals surface area (Å²) >= 11 is 0. The Bertz CT molecular complexity index is 1020. The average molecular weight is 414 g/mol. The molecule has 0 fully saturated rings. The van der Waals surface area contributed by atoms with Crippen LogP contribution in [0.5, 0.6) is 17.2 Å². The monoisotopic (exact) mass is 414 g/mol. The zero-order chi connectivity index (χ0) is 22.0. The van der Waals surface area contributed by atoms with Gasteiger partial charge in [-0.1, -0.05) is 6.07 Å². The van der Waals surface area contributed by atoms with Crippen molar-refractivity contribution in [1.82, 2.24) is 4.90 Å². The maximum absolute atomic E-state index is 13.1. The number of carbonyl (C=O) groups excluding carboxylic acids is 3. The average Bonchev–Trinajstić information content (AvgIpc) is 2.99. The van der Waals surface area contributed by atoms with Crippen LogP contribution in [0.4, 0.5) is 5.69 Å². The van der Waals surface area contributed by atoms with Crippen LogP contribution in [0.15, 0.2) is 30.3 Å². The highest BCUT2D eigenvalue weighted by atomic mass is 16.5. The molecule has 0 radical (unpaired) electrons. The lowest BCUT2D eigenvalue weighted by Crippen LogP contribution is -2.35. The maximum atomic E-state index is 13.1. The van der Waals surface area contributed by atoms with Crippen LogP contribution in [0.3, 0.4) is 0 Å². The van der Waals surface area contributed by atoms with Crippen molar-refractivity contribution in [3.05, 3.63) is 47.0 Å². The van der Waals surface area contributed by atoms with Gasteiger partial charge in [0.05, 0.1) is 50.1 Å². The molecule has 30 heavy (non-hydrogen) atoms. The van der Waals surface area contributed by atoms with Gasteiger partial charge >= 0.3 is 5.97 Å². The van der Waals surface area contributed by atoms with Gasteiger partial charge in [-0.2, -0.15) is 0 Å². The Morgan fingerprint density at radius 2 is 1.87 bits per heavy atom. The van der Waals surface area contributed by atoms with Crippen molar-refractivity contribution in [2.45, 2.75) is 19.4 Å². The number of phenols is 1. The zero-order valence-corrected chi connectivity index (χ0v) is 16.8. The Labute approximate surface area is 172 Å². The van der Waals surface area contributed by atoms with Crippen molar-refractivity contribution in [2.24, 2.45) is 0 Å². The van der Waals surface area contributed by atoms with Crippen molar-refractivity contribution in [1.29, 1.82) is 0 Å². The molecule has 0 saturated carbocycles. The third kappa shape index (κ3) is 3.49. The molecule has 0 spiro atoms. The Kier molecular flexibility index (Phi) is 5.81. The molecule has 0 aromatic heterocycles. The zero-order valence-electron chi connectivity index (χ0n) is 16.8. The molecule has 0 bridgehead atoms. The van der Waals surface area contributed by atoms with E-state index >= 15 is 0 Å². The van der Waals surface area contributed by atoms with Gasteiger partial charge in [-0.15, -0.1) is 0 Å². The number of nitrogens with two attached hydrogens (primary N) is 1. The second-order valence-electron chi connectivity index (χ2n) is 6.54. The van der Waals surface area contributed by atoms with Crippen LogP contribution in [-0.2, 0) is 9.53 Å². The summed E-state index contributed by atoms with van der Waals surface area (Å²) in [6.45, 7) is 2.17. The second-order valence-corrected chi connectivity index (χ2v) is 6.54. The molecule has 1 heterocycles. The summed E-state index contributed by atoms with van der Waals surface area (Å²) in [7, 11) is 2.71. The van der Waals surface area contributed by atoms with Crippen LogP contribution < -0.4 is 15.2 Å². The van der Waals surface area contributed by atoms with E-state index in [0.29, 0.717) is 23.7 Å². The minimum Gasteiger partial charge on any atom is -0.506 e. The maximum Gasteiger partial charge on any atom is 0.307 e. The fourth-order valence-corrected chi connectivity index (χ4v) is 3.41. The van der Waals surface area contributed by atoms with E-state index in [1.807, 2.05) is 0 Å². The first-order chi connectivity index (χ1) is 14.3. The number of phenolic OH excluding ortho intramolecular Hbond substituents is 1. The van der Waals surface area contributed by atoms with Crippen molar-refractivity contribution >= 4 is 23.5 Å². The van der Waals surface area contributed by atoms with E-state index in [4.69, 9.17) is 19.9 Å². The summed E-state index contributed by atoms with van der Waals surface area (Å²) in [6.07, 6.45) is -0.272. The Morgan fingerprint density at radius 1 is 1.13 bits per heavy atom. The first-order valence-electron chi connectivity index (χ1n) is 9.20. The van der Waals surface area contributed by atoms with Crippen LogP contribution >= 0.6 is 0 Å². The van der Waals surface area contributed by atoms with E-state index < -0.39 is 23.8 Å². The molecular weight excluding hydrogens is 392 g/mol. The Balaban J connectivity index is 2.11. The third-order valence-corrected chi connectivity index (χ3v) is 4.88. The lowest BCUT2D eigenvalue weighted by molar-refractivity contribution is -0.141. The number of rotatable bonds is 7. The topological polar surface area (TPSA) is 128 Å². The lowest BCUT2D eigenvalue weighted by Gasteiger charge is -2.26. The molecule has 1 aliphatic heterocycles. The smallest absolute Gasteiger partial charge is 0.307 e. The summed E-state index contributed by atoms with van der Waals surface area (Å²) in [5, 5.41) is 9.85. The number of methoxy groups -OCH3 is 2. The summed E-state index contributed by atoms with van der Waals surface area (Å²) in [5.41, 5.74) is 6.10. The molecule has 9 nitrogen and oxygen atoms in total. The third-order valence-electron chi connectivity index (χ3n) is 4.88. The number of carbonyl (C=O) groups is 3. The SMILES string of the molecule is CCOc1cc(C(CC(=O)OC)N2C(=O)c3ccc(O)c(N)c3C2=O)ccc1OC. The van der Waals surface area contributed by atoms with Crippen LogP contribution in [0.25, 0.3) is 0 Å². The van der Waals surface area contributed by atoms with Crippen molar-refractivity contribution in [3.8, 4) is 17.2 Å². The summed E-state index contributed by atoms with van der Waals surface area (Å²) < 4.78 is 15.6. The van der Waals surface area contributed by atoms with E-state index in [-0.39, 0.29) is 29.0 Å². The number of benzene rings is 2. The molecule has 1 aliphatic rings. The van der Waals surface area contributed by atoms with E-state index in [2.05, 4.69) is 0 Å². The number of aromatic hydroxyl groups is 1. The first-order valence-corrected chi connectivity index (χ1v) is 9.20. The quantitative estimate of drug-likeness (QED) is 0.306. The number of imide groups is 1. The molecule has 1 unspecified atom stereocenters. The normalized spacial score (nSPS) is 13.8. The van der Waals surface area contributed by atoms with Crippen LogP contribution in [0, 0.1) is 0 Å². The second kappa shape index (κ2) is 8.32. The number of nitrogen functional groups attached to an aromatic ring is 1. The van der Waals surface area contributed by atoms with Crippen LogP contribution in [-0.4, -0.2) is 48.6 Å². The molecule has 3 N–H and O–H groups in total. The standard InChI is InChI=1S/C21H22N2O7/c1-4-30-16-9-11(5-8-15(16)28-2)13(10-17(25)29-3)23-20(26)12-6-7-14(24)19(22)18(12)21(23)27/h5-9,13,24H,4,10,22H2,1-3H3. The van der Waals surface area contributed by atoms with Gasteiger partial charge in [-0.3, -0.25) is 19.3 Å². The van der Waals surface area contributed by atoms with Crippen molar-refractivity contribution in [2.75, 3.05) is 26.6 Å². The fourth-order valence-electron chi connectivity index (χ4n) is 3.41. The van der Waals surface area contributed by atoms with Crippen LogP contribution in [0.1, 0.15) is 45.7 Å². The molecule has 1 atom stereocenters. The van der Waals surface area contributed by atoms with Crippen molar-refractivity contribution in [3.63, 3.8) is 0 Å². The Morgan fingerprint density at radius 3 is 2.50 bits per heavy atom. The van der Waals surface area contributed by atoms with Gasteiger partial charge in [-0.05, 0) is 36.8 Å². The molecule has 2 amide bonds. The van der Waals surface area contributed by atoms with E-state index in [9.17, 15) is 19.5 Å². The molecule has 158 valence electrons. The minimum atomic E-state index is -0.975. The van der Waals surface area contributed by atoms with Crippen LogP contribution in [0.2, 0.25) is 0 Å². The van der Waals surface area contributed by atoms with Gasteiger partial charge in [0, 0.05) is 0 Å². The molecule has 0 aliphatic carbocycles. The summed E-state index contributed by atoms with van der Waals surface area (Å²) in [6, 6.07) is 6.48. The number of esters is 1. The highest BCUT2D eigenvalue weighted by Crippen LogP contribution is 2.40.